The van der Waals surface area contributed by atoms with Crippen molar-refractivity contribution in [1.29, 1.82) is 0 Å². The van der Waals surface area contributed by atoms with Gasteiger partial charge in [-0.15, -0.1) is 0 Å². The van der Waals surface area contributed by atoms with E-state index < -0.39 is 10.0 Å². The minimum Gasteiger partial charge on any atom is -0.326 e. The van der Waals surface area contributed by atoms with Crippen molar-refractivity contribution in [3.05, 3.63) is 64.2 Å². The van der Waals surface area contributed by atoms with Gasteiger partial charge in [0.15, 0.2) is 0 Å². The molecule has 0 aliphatic carbocycles. The van der Waals surface area contributed by atoms with Crippen LogP contribution in [0.3, 0.4) is 0 Å². The summed E-state index contributed by atoms with van der Waals surface area (Å²) < 4.78 is 25.4. The molecular weight excluding hydrogens is 372 g/mol. The number of carbonyl (C=O) groups is 1. The molecule has 0 bridgehead atoms. The second-order valence-electron chi connectivity index (χ2n) is 6.34. The number of amides is 1. The third-order valence-electron chi connectivity index (χ3n) is 4.01. The molecule has 7 heteroatoms. The molecule has 26 heavy (non-hydrogen) atoms. The highest BCUT2D eigenvalue weighted by Crippen LogP contribution is 2.20. The fourth-order valence-corrected chi connectivity index (χ4v) is 3.41. The molecule has 0 atom stereocenters. The first-order valence-electron chi connectivity index (χ1n) is 8.22. The van der Waals surface area contributed by atoms with Crippen LogP contribution >= 0.6 is 11.6 Å². The highest BCUT2D eigenvalue weighted by atomic mass is 35.5. The zero-order chi connectivity index (χ0) is 19.3. The molecular formula is C19H23ClN2O3S. The molecule has 2 aromatic rings. The van der Waals surface area contributed by atoms with Crippen LogP contribution in [0.5, 0.6) is 0 Å². The molecule has 1 N–H and O–H groups in total. The van der Waals surface area contributed by atoms with Gasteiger partial charge in [-0.05, 0) is 37.1 Å². The van der Waals surface area contributed by atoms with Crippen LogP contribution in [0.1, 0.15) is 23.1 Å². The van der Waals surface area contributed by atoms with Gasteiger partial charge in [-0.1, -0.05) is 47.5 Å². The zero-order valence-electron chi connectivity index (χ0n) is 15.1. The lowest BCUT2D eigenvalue weighted by Crippen LogP contribution is -2.32. The van der Waals surface area contributed by atoms with Gasteiger partial charge < -0.3 is 5.32 Å². The van der Waals surface area contributed by atoms with Crippen LogP contribution in [0.2, 0.25) is 5.02 Å². The Labute approximate surface area is 160 Å². The molecule has 0 fully saturated rings. The lowest BCUT2D eigenvalue weighted by atomic mass is 10.1. The molecule has 0 aliphatic rings. The third-order valence-corrected chi connectivity index (χ3v) is 5.50. The summed E-state index contributed by atoms with van der Waals surface area (Å²) in [5, 5.41) is 3.31. The van der Waals surface area contributed by atoms with E-state index in [2.05, 4.69) is 5.32 Å². The van der Waals surface area contributed by atoms with Gasteiger partial charge >= 0.3 is 0 Å². The van der Waals surface area contributed by atoms with Crippen LogP contribution in [0.4, 0.5) is 5.69 Å². The van der Waals surface area contributed by atoms with Crippen molar-refractivity contribution < 1.29 is 13.2 Å². The first-order valence-corrected chi connectivity index (χ1v) is 10.4. The fraction of sp³-hybridized carbons (Fsp3) is 0.316. The Morgan fingerprint density at radius 3 is 2.38 bits per heavy atom. The fourth-order valence-electron chi connectivity index (χ4n) is 2.43. The van der Waals surface area contributed by atoms with Crippen LogP contribution < -0.4 is 5.32 Å². The Kier molecular flexibility index (Phi) is 6.81. The Morgan fingerprint density at radius 1 is 1.12 bits per heavy atom. The van der Waals surface area contributed by atoms with E-state index in [1.54, 1.807) is 12.1 Å². The highest BCUT2D eigenvalue weighted by Gasteiger charge is 2.18. The average Bonchev–Trinajstić information content (AvgIpc) is 2.55. The van der Waals surface area contributed by atoms with E-state index in [1.165, 1.54) is 4.31 Å². The van der Waals surface area contributed by atoms with E-state index in [0.29, 0.717) is 10.7 Å². The second-order valence-corrected chi connectivity index (χ2v) is 8.76. The van der Waals surface area contributed by atoms with E-state index in [4.69, 9.17) is 11.6 Å². The van der Waals surface area contributed by atoms with Crippen LogP contribution in [0.15, 0.2) is 42.5 Å². The highest BCUT2D eigenvalue weighted by molar-refractivity contribution is 7.88. The second kappa shape index (κ2) is 8.66. The minimum atomic E-state index is -3.42. The lowest BCUT2D eigenvalue weighted by molar-refractivity contribution is -0.116. The van der Waals surface area contributed by atoms with Gasteiger partial charge in [0.1, 0.15) is 0 Å². The molecule has 0 unspecified atom stereocenters. The topological polar surface area (TPSA) is 66.5 Å². The SMILES string of the molecule is Cc1ccc(CN(CCC(=O)Nc2cc(Cl)ccc2C)S(C)(=O)=O)cc1. The molecule has 0 saturated carbocycles. The van der Waals surface area contributed by atoms with Crippen LogP contribution in [0.25, 0.3) is 0 Å². The molecule has 0 heterocycles. The Balaban J connectivity index is 2.01. The first-order chi connectivity index (χ1) is 12.1. The van der Waals surface area contributed by atoms with Gasteiger partial charge in [-0.25, -0.2) is 8.42 Å². The molecule has 0 aliphatic heterocycles. The smallest absolute Gasteiger partial charge is 0.225 e. The van der Waals surface area contributed by atoms with Gasteiger partial charge in [-0.3, -0.25) is 4.79 Å². The van der Waals surface area contributed by atoms with E-state index in [9.17, 15) is 13.2 Å². The molecule has 0 spiro atoms. The predicted molar refractivity (Wildman–Crippen MR) is 106 cm³/mol. The maximum atomic E-state index is 12.2. The maximum Gasteiger partial charge on any atom is 0.225 e. The quantitative estimate of drug-likeness (QED) is 0.777. The molecule has 1 amide bonds. The third kappa shape index (κ3) is 6.12. The monoisotopic (exact) mass is 394 g/mol. The molecule has 140 valence electrons. The summed E-state index contributed by atoms with van der Waals surface area (Å²) in [4.78, 5) is 12.2. The summed E-state index contributed by atoms with van der Waals surface area (Å²) in [5.74, 6) is -0.257. The van der Waals surface area contributed by atoms with E-state index in [-0.39, 0.29) is 25.4 Å². The van der Waals surface area contributed by atoms with Crippen LogP contribution in [0, 0.1) is 13.8 Å². The number of benzene rings is 2. The van der Waals surface area contributed by atoms with Crippen molar-refractivity contribution in [2.75, 3.05) is 18.1 Å². The van der Waals surface area contributed by atoms with Gasteiger partial charge in [0.05, 0.1) is 6.26 Å². The van der Waals surface area contributed by atoms with Crippen molar-refractivity contribution in [3.63, 3.8) is 0 Å². The largest absolute Gasteiger partial charge is 0.326 e. The van der Waals surface area contributed by atoms with Gasteiger partial charge in [0.25, 0.3) is 0 Å². The van der Waals surface area contributed by atoms with E-state index in [1.807, 2.05) is 44.2 Å². The molecule has 0 radical (unpaired) electrons. The number of aryl methyl sites for hydroxylation is 2. The number of carbonyl (C=O) groups excluding carboxylic acids is 1. The summed E-state index contributed by atoms with van der Waals surface area (Å²) in [6, 6.07) is 12.9. The number of rotatable bonds is 7. The standard InChI is InChI=1S/C19H23ClN2O3S/c1-14-4-7-16(8-5-14)13-22(26(3,24)25)11-10-19(23)21-18-12-17(20)9-6-15(18)2/h4-9,12H,10-11,13H2,1-3H3,(H,21,23). The van der Waals surface area contributed by atoms with Crippen molar-refractivity contribution >= 4 is 33.2 Å². The molecule has 0 aromatic heterocycles. The molecule has 0 saturated heterocycles. The van der Waals surface area contributed by atoms with Gasteiger partial charge in [0.2, 0.25) is 15.9 Å². The van der Waals surface area contributed by atoms with E-state index >= 15 is 0 Å². The average molecular weight is 395 g/mol. The number of sulfonamides is 1. The molecule has 2 aromatic carbocycles. The summed E-state index contributed by atoms with van der Waals surface area (Å²) in [7, 11) is -3.42. The lowest BCUT2D eigenvalue weighted by Gasteiger charge is -2.20. The summed E-state index contributed by atoms with van der Waals surface area (Å²) in [5.41, 5.74) is 3.51. The van der Waals surface area contributed by atoms with Gasteiger partial charge in [-0.2, -0.15) is 4.31 Å². The number of nitrogens with one attached hydrogen (secondary N) is 1. The van der Waals surface area contributed by atoms with Crippen molar-refractivity contribution in [2.45, 2.75) is 26.8 Å². The summed E-state index contributed by atoms with van der Waals surface area (Å²) >= 11 is 5.95. The number of hydrogen-bond donors (Lipinski definition) is 1. The van der Waals surface area contributed by atoms with Crippen LogP contribution in [-0.2, 0) is 21.4 Å². The number of anilines is 1. The Bertz CT molecular complexity index is 880. The Morgan fingerprint density at radius 2 is 1.77 bits per heavy atom. The van der Waals surface area contributed by atoms with Crippen molar-refractivity contribution in [1.82, 2.24) is 4.31 Å². The predicted octanol–water partition coefficient (Wildman–Crippen LogP) is 3.75. The van der Waals surface area contributed by atoms with Crippen molar-refractivity contribution in [3.8, 4) is 0 Å². The number of nitrogens with zero attached hydrogens (tertiary/aromatic N) is 1. The number of hydrogen-bond acceptors (Lipinski definition) is 3. The molecule has 5 nitrogen and oxygen atoms in total. The van der Waals surface area contributed by atoms with Gasteiger partial charge in [0, 0.05) is 30.2 Å². The van der Waals surface area contributed by atoms with Crippen molar-refractivity contribution in [2.24, 2.45) is 0 Å². The normalized spacial score (nSPS) is 11.6. The molecule has 2 rings (SSSR count). The first kappa shape index (κ1) is 20.4. The van der Waals surface area contributed by atoms with E-state index in [0.717, 1.165) is 22.9 Å². The minimum absolute atomic E-state index is 0.0604. The zero-order valence-corrected chi connectivity index (χ0v) is 16.7. The summed E-state index contributed by atoms with van der Waals surface area (Å²) in [6.45, 7) is 4.19. The maximum absolute atomic E-state index is 12.2. The van der Waals surface area contributed by atoms with Crippen LogP contribution in [-0.4, -0.2) is 31.4 Å². The Hall–Kier alpha value is -1.89. The summed E-state index contributed by atoms with van der Waals surface area (Å²) in [6.07, 6.45) is 1.21. The number of halogens is 1.